The van der Waals surface area contributed by atoms with E-state index in [-0.39, 0.29) is 23.4 Å². The quantitative estimate of drug-likeness (QED) is 0.412. The Balaban J connectivity index is 1.38. The lowest BCUT2D eigenvalue weighted by Crippen LogP contribution is -2.44. The van der Waals surface area contributed by atoms with E-state index in [4.69, 9.17) is 14.2 Å². The summed E-state index contributed by atoms with van der Waals surface area (Å²) >= 11 is 0. The highest BCUT2D eigenvalue weighted by Crippen LogP contribution is 2.30. The Morgan fingerprint density at radius 3 is 2.35 bits per heavy atom. The minimum atomic E-state index is -0.460. The van der Waals surface area contributed by atoms with Gasteiger partial charge in [-0.3, -0.25) is 14.7 Å². The summed E-state index contributed by atoms with van der Waals surface area (Å²) in [5.74, 6) is 0.476. The molecule has 0 spiro atoms. The number of amides is 1. The molecular weight excluding hydrogens is 473 g/mol. The van der Waals surface area contributed by atoms with Gasteiger partial charge in [-0.15, -0.1) is 0 Å². The van der Waals surface area contributed by atoms with Crippen molar-refractivity contribution < 1.29 is 23.4 Å². The maximum atomic E-state index is 14.6. The van der Waals surface area contributed by atoms with Gasteiger partial charge in [-0.1, -0.05) is 6.07 Å². The molecule has 4 rings (SSSR count). The molecule has 1 saturated heterocycles. The molecule has 37 heavy (non-hydrogen) atoms. The van der Waals surface area contributed by atoms with Crippen molar-refractivity contribution in [1.82, 2.24) is 15.2 Å². The fraction of sp³-hybridized carbons (Fsp3) is 0.379. The largest absolute Gasteiger partial charge is 0.497 e. The molecule has 0 unspecified atom stereocenters. The van der Waals surface area contributed by atoms with Gasteiger partial charge in [0.05, 0.1) is 20.3 Å². The molecule has 1 aliphatic rings. The summed E-state index contributed by atoms with van der Waals surface area (Å²) in [6, 6.07) is 12.9. The normalized spacial score (nSPS) is 14.3. The van der Waals surface area contributed by atoms with E-state index in [1.54, 1.807) is 37.7 Å². The van der Waals surface area contributed by atoms with Gasteiger partial charge in [-0.2, -0.15) is 4.39 Å². The first kappa shape index (κ1) is 26.4. The first-order valence-electron chi connectivity index (χ1n) is 12.7. The van der Waals surface area contributed by atoms with E-state index in [2.05, 4.69) is 15.2 Å². The van der Waals surface area contributed by atoms with E-state index in [0.29, 0.717) is 31.1 Å². The van der Waals surface area contributed by atoms with Crippen molar-refractivity contribution in [2.45, 2.75) is 39.3 Å². The van der Waals surface area contributed by atoms with Crippen molar-refractivity contribution in [2.24, 2.45) is 0 Å². The number of hydrogen-bond acceptors (Lipinski definition) is 6. The van der Waals surface area contributed by atoms with Crippen molar-refractivity contribution in [3.8, 4) is 28.4 Å². The number of likely N-dealkylation sites (tertiary alicyclic amines) is 1. The third-order valence-corrected chi connectivity index (χ3v) is 6.39. The lowest BCUT2D eigenvalue weighted by atomic mass is 10.0. The molecule has 0 atom stereocenters. The number of nitrogens with zero attached hydrogens (tertiary/aromatic N) is 2. The Kier molecular flexibility index (Phi) is 8.95. The van der Waals surface area contributed by atoms with Gasteiger partial charge in [0.25, 0.3) is 5.91 Å². The third kappa shape index (κ3) is 6.77. The third-order valence-electron chi connectivity index (χ3n) is 6.39. The molecule has 7 nitrogen and oxygen atoms in total. The van der Waals surface area contributed by atoms with E-state index in [9.17, 15) is 9.18 Å². The molecule has 0 bridgehead atoms. The average Bonchev–Trinajstić information content (AvgIpc) is 2.92. The van der Waals surface area contributed by atoms with Crippen LogP contribution in [0.15, 0.2) is 54.9 Å². The zero-order valence-corrected chi connectivity index (χ0v) is 21.6. The fourth-order valence-electron chi connectivity index (χ4n) is 4.55. The molecule has 3 aromatic rings. The fourth-order valence-corrected chi connectivity index (χ4v) is 4.55. The van der Waals surface area contributed by atoms with Gasteiger partial charge in [0.15, 0.2) is 11.5 Å². The Morgan fingerprint density at radius 1 is 1.05 bits per heavy atom. The van der Waals surface area contributed by atoms with Gasteiger partial charge in [0.2, 0.25) is 5.82 Å². The van der Waals surface area contributed by atoms with Crippen LogP contribution in [0.2, 0.25) is 0 Å². The van der Waals surface area contributed by atoms with Crippen LogP contribution >= 0.6 is 0 Å². The minimum Gasteiger partial charge on any atom is -0.497 e. The first-order valence-corrected chi connectivity index (χ1v) is 12.7. The van der Waals surface area contributed by atoms with Crippen LogP contribution in [0.4, 0.5) is 4.39 Å². The van der Waals surface area contributed by atoms with Crippen LogP contribution in [-0.2, 0) is 6.54 Å². The van der Waals surface area contributed by atoms with Gasteiger partial charge >= 0.3 is 0 Å². The lowest BCUT2D eigenvalue weighted by molar-refractivity contribution is 0.0908. The summed E-state index contributed by atoms with van der Waals surface area (Å²) in [4.78, 5) is 19.6. The number of aromatic nitrogens is 1. The molecule has 0 aliphatic carbocycles. The SMILES string of the molecule is CCOc1cc(CN2CCC(NC(=O)c3cc(OC)cc(-c4cccnc4)c3)CC2)cc(OCC)c1F. The molecule has 0 saturated carbocycles. The number of nitrogens with one attached hydrogen (secondary N) is 1. The number of carbonyl (C=O) groups excluding carboxylic acids is 1. The summed E-state index contributed by atoms with van der Waals surface area (Å²) in [6.45, 7) is 6.71. The van der Waals surface area contributed by atoms with Crippen LogP contribution in [0.3, 0.4) is 0 Å². The van der Waals surface area contributed by atoms with Crippen LogP contribution in [0, 0.1) is 5.82 Å². The molecule has 196 valence electrons. The van der Waals surface area contributed by atoms with E-state index in [0.717, 1.165) is 42.6 Å². The van der Waals surface area contributed by atoms with Crippen molar-refractivity contribution in [3.63, 3.8) is 0 Å². The van der Waals surface area contributed by atoms with Crippen molar-refractivity contribution in [1.29, 1.82) is 0 Å². The summed E-state index contributed by atoms with van der Waals surface area (Å²) in [5, 5.41) is 3.18. The molecule has 1 fully saturated rings. The van der Waals surface area contributed by atoms with E-state index < -0.39 is 5.82 Å². The van der Waals surface area contributed by atoms with Gasteiger partial charge in [-0.25, -0.2) is 0 Å². The second-order valence-electron chi connectivity index (χ2n) is 8.99. The van der Waals surface area contributed by atoms with Crippen molar-refractivity contribution >= 4 is 5.91 Å². The maximum Gasteiger partial charge on any atom is 0.251 e. The van der Waals surface area contributed by atoms with Crippen LogP contribution in [0.5, 0.6) is 17.2 Å². The number of piperidine rings is 1. The predicted octanol–water partition coefficient (Wildman–Crippen LogP) is 5.09. The first-order chi connectivity index (χ1) is 18.0. The van der Waals surface area contributed by atoms with Crippen LogP contribution < -0.4 is 19.5 Å². The van der Waals surface area contributed by atoms with E-state index in [1.807, 2.05) is 38.1 Å². The molecule has 1 N–H and O–H groups in total. The number of methoxy groups -OCH3 is 1. The smallest absolute Gasteiger partial charge is 0.251 e. The summed E-state index contributed by atoms with van der Waals surface area (Å²) in [6.07, 6.45) is 5.13. The number of halogens is 1. The predicted molar refractivity (Wildman–Crippen MR) is 141 cm³/mol. The molecule has 0 radical (unpaired) electrons. The summed E-state index contributed by atoms with van der Waals surface area (Å²) in [7, 11) is 1.59. The number of ether oxygens (including phenoxy) is 3. The number of hydrogen-bond donors (Lipinski definition) is 1. The number of benzene rings is 2. The molecule has 8 heteroatoms. The van der Waals surface area contributed by atoms with Crippen LogP contribution in [0.1, 0.15) is 42.6 Å². The second-order valence-corrected chi connectivity index (χ2v) is 8.99. The molecule has 1 aliphatic heterocycles. The Morgan fingerprint density at radius 2 is 1.76 bits per heavy atom. The number of carbonyl (C=O) groups is 1. The van der Waals surface area contributed by atoms with Crippen LogP contribution in [-0.4, -0.2) is 55.2 Å². The van der Waals surface area contributed by atoms with Gasteiger partial charge in [0.1, 0.15) is 5.75 Å². The summed E-state index contributed by atoms with van der Waals surface area (Å²) in [5.41, 5.74) is 3.29. The maximum absolute atomic E-state index is 14.6. The average molecular weight is 508 g/mol. The highest BCUT2D eigenvalue weighted by Gasteiger charge is 2.23. The van der Waals surface area contributed by atoms with Gasteiger partial charge < -0.3 is 19.5 Å². The summed E-state index contributed by atoms with van der Waals surface area (Å²) < 4.78 is 31.0. The Bertz CT molecular complexity index is 1170. The van der Waals surface area contributed by atoms with Gasteiger partial charge in [0, 0.05) is 49.2 Å². The highest BCUT2D eigenvalue weighted by molar-refractivity contribution is 5.96. The van der Waals surface area contributed by atoms with Crippen molar-refractivity contribution in [2.75, 3.05) is 33.4 Å². The van der Waals surface area contributed by atoms with Gasteiger partial charge in [-0.05, 0) is 74.2 Å². The highest BCUT2D eigenvalue weighted by atomic mass is 19.1. The zero-order valence-electron chi connectivity index (χ0n) is 21.6. The molecule has 1 aromatic heterocycles. The topological polar surface area (TPSA) is 72.9 Å². The van der Waals surface area contributed by atoms with E-state index >= 15 is 0 Å². The molecule has 1 amide bonds. The molecular formula is C29H34FN3O4. The number of rotatable bonds is 10. The molecule has 2 aromatic carbocycles. The molecule has 2 heterocycles. The minimum absolute atomic E-state index is 0.0722. The lowest BCUT2D eigenvalue weighted by Gasteiger charge is -2.32. The Labute approximate surface area is 217 Å². The van der Waals surface area contributed by atoms with Crippen LogP contribution in [0.25, 0.3) is 11.1 Å². The van der Waals surface area contributed by atoms with Crippen molar-refractivity contribution in [3.05, 3.63) is 71.8 Å². The standard InChI is InChI=1S/C29H34FN3O4/c1-4-36-26-13-20(14-27(28(26)30)37-5-2)19-33-11-8-24(9-12-33)32-29(34)23-15-22(16-25(17-23)35-3)21-7-6-10-31-18-21/h6-7,10,13-18,24H,4-5,8-9,11-12,19H2,1-3H3,(H,32,34). The Hall–Kier alpha value is -3.65. The van der Waals surface area contributed by atoms with E-state index in [1.165, 1.54) is 0 Å². The monoisotopic (exact) mass is 507 g/mol. The number of pyridine rings is 1. The second kappa shape index (κ2) is 12.5. The zero-order chi connectivity index (χ0) is 26.2.